The van der Waals surface area contributed by atoms with Crippen molar-refractivity contribution in [3.8, 4) is 5.75 Å². The molecule has 0 aliphatic rings. The van der Waals surface area contributed by atoms with Crippen molar-refractivity contribution < 1.29 is 4.74 Å². The van der Waals surface area contributed by atoms with Crippen molar-refractivity contribution in [2.75, 3.05) is 24.3 Å². The molecule has 0 bridgehead atoms. The van der Waals surface area contributed by atoms with Crippen molar-refractivity contribution in [3.63, 3.8) is 0 Å². The van der Waals surface area contributed by atoms with Crippen molar-refractivity contribution >= 4 is 29.1 Å². The number of nitrogens with zero attached hydrogens (tertiary/aromatic N) is 3. The van der Waals surface area contributed by atoms with Crippen LogP contribution in [0.3, 0.4) is 0 Å². The molecule has 2 N–H and O–H groups in total. The summed E-state index contributed by atoms with van der Waals surface area (Å²) in [6.45, 7) is 2.70. The van der Waals surface area contributed by atoms with Crippen molar-refractivity contribution in [1.82, 2.24) is 15.2 Å². The first-order valence-electron chi connectivity index (χ1n) is 8.24. The van der Waals surface area contributed by atoms with Crippen LogP contribution < -0.4 is 15.4 Å². The van der Waals surface area contributed by atoms with Gasteiger partial charge in [0.25, 0.3) is 0 Å². The Labute approximate surface area is 157 Å². The molecule has 1 aromatic heterocycles. The third kappa shape index (κ3) is 4.83. The van der Waals surface area contributed by atoms with Crippen LogP contribution in [0.2, 0.25) is 5.02 Å². The van der Waals surface area contributed by atoms with Gasteiger partial charge in [0.05, 0.1) is 19.0 Å². The summed E-state index contributed by atoms with van der Waals surface area (Å²) in [5.41, 5.74) is 3.10. The van der Waals surface area contributed by atoms with E-state index in [1.54, 1.807) is 13.3 Å². The predicted molar refractivity (Wildman–Crippen MR) is 104 cm³/mol. The molecule has 0 saturated heterocycles. The van der Waals surface area contributed by atoms with E-state index in [0.29, 0.717) is 18.3 Å². The third-order valence-electron chi connectivity index (χ3n) is 3.76. The van der Waals surface area contributed by atoms with Gasteiger partial charge < -0.3 is 15.4 Å². The van der Waals surface area contributed by atoms with Crippen molar-refractivity contribution in [1.29, 1.82) is 0 Å². The van der Waals surface area contributed by atoms with E-state index in [0.717, 1.165) is 34.0 Å². The summed E-state index contributed by atoms with van der Waals surface area (Å²) < 4.78 is 5.37. The highest BCUT2D eigenvalue weighted by Crippen LogP contribution is 2.27. The molecule has 1 heterocycles. The lowest BCUT2D eigenvalue weighted by Crippen LogP contribution is -2.10. The molecular formula is C19H20ClN5O. The summed E-state index contributed by atoms with van der Waals surface area (Å²) in [5.74, 6) is 1.79. The number of ether oxygens (including phenoxy) is 1. The van der Waals surface area contributed by atoms with E-state index in [-0.39, 0.29) is 0 Å². The molecule has 134 valence electrons. The Morgan fingerprint density at radius 1 is 1.15 bits per heavy atom. The molecule has 0 spiro atoms. The van der Waals surface area contributed by atoms with Gasteiger partial charge in [0, 0.05) is 11.6 Å². The highest BCUT2D eigenvalue weighted by Gasteiger charge is 2.06. The minimum absolute atomic E-state index is 0.462. The fraction of sp³-hybridized carbons (Fsp3) is 0.211. The van der Waals surface area contributed by atoms with Gasteiger partial charge in [0.1, 0.15) is 5.75 Å². The summed E-state index contributed by atoms with van der Waals surface area (Å²) >= 11 is 6.00. The summed E-state index contributed by atoms with van der Waals surface area (Å²) in [7, 11) is 1.64. The minimum atomic E-state index is 0.462. The summed E-state index contributed by atoms with van der Waals surface area (Å²) in [6.07, 6.45) is 2.39. The van der Waals surface area contributed by atoms with Gasteiger partial charge in [-0.3, -0.25) is 0 Å². The largest absolute Gasteiger partial charge is 0.495 e. The fourth-order valence-corrected chi connectivity index (χ4v) is 2.72. The highest BCUT2D eigenvalue weighted by atomic mass is 35.5. The number of methoxy groups -OCH3 is 1. The lowest BCUT2D eigenvalue weighted by molar-refractivity contribution is 0.416. The predicted octanol–water partition coefficient (Wildman–Crippen LogP) is 4.24. The fourth-order valence-electron chi connectivity index (χ4n) is 2.51. The number of benzene rings is 2. The smallest absolute Gasteiger partial charge is 0.244 e. The Balaban J connectivity index is 1.64. The first-order valence-corrected chi connectivity index (χ1v) is 8.61. The van der Waals surface area contributed by atoms with Gasteiger partial charge in [0.2, 0.25) is 5.95 Å². The van der Waals surface area contributed by atoms with Crippen LogP contribution >= 0.6 is 11.6 Å². The Kier molecular flexibility index (Phi) is 5.86. The maximum atomic E-state index is 6.00. The van der Waals surface area contributed by atoms with Crippen LogP contribution in [0, 0.1) is 6.92 Å². The summed E-state index contributed by atoms with van der Waals surface area (Å²) in [6, 6.07) is 13.7. The highest BCUT2D eigenvalue weighted by molar-refractivity contribution is 6.30. The Bertz CT molecular complexity index is 887. The molecular weight excluding hydrogens is 350 g/mol. The van der Waals surface area contributed by atoms with E-state index >= 15 is 0 Å². The van der Waals surface area contributed by atoms with E-state index < -0.39 is 0 Å². The first-order chi connectivity index (χ1) is 12.6. The second-order valence-corrected chi connectivity index (χ2v) is 6.24. The van der Waals surface area contributed by atoms with Crippen molar-refractivity contribution in [2.24, 2.45) is 0 Å². The maximum absolute atomic E-state index is 6.00. The Hall–Kier alpha value is -2.86. The van der Waals surface area contributed by atoms with Gasteiger partial charge in [-0.15, -0.1) is 5.10 Å². The van der Waals surface area contributed by atoms with Gasteiger partial charge in [-0.1, -0.05) is 29.8 Å². The zero-order valence-corrected chi connectivity index (χ0v) is 15.4. The van der Waals surface area contributed by atoms with E-state index in [9.17, 15) is 0 Å². The first kappa shape index (κ1) is 17.9. The minimum Gasteiger partial charge on any atom is -0.495 e. The Morgan fingerprint density at radius 2 is 2.04 bits per heavy atom. The van der Waals surface area contributed by atoms with Crippen LogP contribution in [-0.4, -0.2) is 28.8 Å². The second kappa shape index (κ2) is 8.49. The van der Waals surface area contributed by atoms with Crippen molar-refractivity contribution in [3.05, 3.63) is 64.8 Å². The number of aryl methyl sites for hydroxylation is 1. The van der Waals surface area contributed by atoms with Crippen LogP contribution in [0.5, 0.6) is 5.75 Å². The molecule has 0 fully saturated rings. The van der Waals surface area contributed by atoms with E-state index in [1.807, 2.05) is 49.4 Å². The van der Waals surface area contributed by atoms with Crippen LogP contribution in [0.4, 0.5) is 17.5 Å². The molecule has 3 rings (SSSR count). The normalized spacial score (nSPS) is 10.4. The molecule has 0 aliphatic heterocycles. The summed E-state index contributed by atoms with van der Waals surface area (Å²) in [4.78, 5) is 4.44. The molecule has 2 aromatic carbocycles. The van der Waals surface area contributed by atoms with Crippen molar-refractivity contribution in [2.45, 2.75) is 13.3 Å². The molecule has 0 aliphatic carbocycles. The average molecular weight is 370 g/mol. The van der Waals surface area contributed by atoms with Gasteiger partial charge in [-0.25, -0.2) is 0 Å². The number of halogens is 1. The lowest BCUT2D eigenvalue weighted by Gasteiger charge is -2.12. The Morgan fingerprint density at radius 3 is 2.85 bits per heavy atom. The van der Waals surface area contributed by atoms with Gasteiger partial charge >= 0.3 is 0 Å². The molecule has 0 amide bonds. The van der Waals surface area contributed by atoms with Crippen LogP contribution in [0.1, 0.15) is 11.1 Å². The molecule has 0 radical (unpaired) electrons. The number of hydrogen-bond acceptors (Lipinski definition) is 6. The topological polar surface area (TPSA) is 72.0 Å². The van der Waals surface area contributed by atoms with E-state index in [1.165, 1.54) is 0 Å². The molecule has 26 heavy (non-hydrogen) atoms. The number of aromatic nitrogens is 3. The SMILES string of the molecule is COc1ccc(C)cc1Nc1cnnc(NCCc2cccc(Cl)c2)n1. The van der Waals surface area contributed by atoms with Crippen LogP contribution in [0.15, 0.2) is 48.7 Å². The van der Waals surface area contributed by atoms with Gasteiger partial charge in [-0.2, -0.15) is 10.1 Å². The maximum Gasteiger partial charge on any atom is 0.244 e. The van der Waals surface area contributed by atoms with Gasteiger partial charge in [-0.05, 0) is 48.7 Å². The third-order valence-corrected chi connectivity index (χ3v) is 4.00. The van der Waals surface area contributed by atoms with E-state index in [4.69, 9.17) is 16.3 Å². The zero-order valence-electron chi connectivity index (χ0n) is 14.7. The monoisotopic (exact) mass is 369 g/mol. The number of rotatable bonds is 7. The molecule has 3 aromatic rings. The zero-order chi connectivity index (χ0) is 18.4. The summed E-state index contributed by atoms with van der Waals surface area (Å²) in [5, 5.41) is 15.2. The van der Waals surface area contributed by atoms with Crippen LogP contribution in [-0.2, 0) is 6.42 Å². The molecule has 7 heteroatoms. The second-order valence-electron chi connectivity index (χ2n) is 5.80. The van der Waals surface area contributed by atoms with E-state index in [2.05, 4.69) is 25.8 Å². The number of nitrogens with one attached hydrogen (secondary N) is 2. The van der Waals surface area contributed by atoms with Crippen LogP contribution in [0.25, 0.3) is 0 Å². The molecule has 0 unspecified atom stereocenters. The molecule has 6 nitrogen and oxygen atoms in total. The number of anilines is 3. The number of hydrogen-bond donors (Lipinski definition) is 2. The quantitative estimate of drug-likeness (QED) is 0.649. The lowest BCUT2D eigenvalue weighted by atomic mass is 10.1. The van der Waals surface area contributed by atoms with Gasteiger partial charge in [0.15, 0.2) is 5.82 Å². The standard InChI is InChI=1S/C19H20ClN5O/c1-13-6-7-17(26-2)16(10-13)23-18-12-22-25-19(24-18)21-9-8-14-4-3-5-15(20)11-14/h3-7,10-12H,8-9H2,1-2H3,(H2,21,23,24,25). The molecule has 0 atom stereocenters. The molecule has 0 saturated carbocycles. The average Bonchev–Trinajstić information content (AvgIpc) is 2.62.